The average molecular weight is 409 g/mol. The van der Waals surface area contributed by atoms with E-state index in [1.54, 1.807) is 32.9 Å². The third kappa shape index (κ3) is 4.99. The topological polar surface area (TPSA) is 95.1 Å². The molecule has 0 aromatic heterocycles. The Morgan fingerprint density at radius 1 is 1.34 bits per heavy atom. The second kappa shape index (κ2) is 8.71. The molecule has 0 unspecified atom stereocenters. The summed E-state index contributed by atoms with van der Waals surface area (Å²) >= 11 is 0. The molecule has 0 bridgehead atoms. The van der Waals surface area contributed by atoms with Crippen LogP contribution in [-0.2, 0) is 15.0 Å². The van der Waals surface area contributed by atoms with E-state index in [9.17, 15) is 18.0 Å². The zero-order valence-corrected chi connectivity index (χ0v) is 16.3. The monoisotopic (exact) mass is 409 g/mol. The third-order valence-electron chi connectivity index (χ3n) is 4.66. The molecule has 1 aliphatic rings. The van der Waals surface area contributed by atoms with Crippen molar-refractivity contribution in [1.82, 2.24) is 5.32 Å². The van der Waals surface area contributed by atoms with E-state index >= 15 is 0 Å². The number of ether oxygens (including phenoxy) is 2. The molecular formula is C20H22F3N3O3. The number of halogens is 3. The Labute approximate surface area is 167 Å². The number of alkyl carbamates (subject to hydrolysis) is 1. The van der Waals surface area contributed by atoms with Crippen LogP contribution in [0.1, 0.15) is 32.8 Å². The van der Waals surface area contributed by atoms with Crippen molar-refractivity contribution in [2.45, 2.75) is 50.9 Å². The first-order valence-corrected chi connectivity index (χ1v) is 8.99. The lowest BCUT2D eigenvalue weighted by molar-refractivity contribution is -0.0413. The smallest absolute Gasteiger partial charge is 0.408 e. The van der Waals surface area contributed by atoms with Crippen LogP contribution in [0.5, 0.6) is 0 Å². The van der Waals surface area contributed by atoms with E-state index in [0.717, 1.165) is 6.07 Å². The summed E-state index contributed by atoms with van der Waals surface area (Å²) in [6.07, 6.45) is -5.96. The van der Waals surface area contributed by atoms with Gasteiger partial charge in [0.2, 0.25) is 0 Å². The second-order valence-corrected chi connectivity index (χ2v) is 7.84. The first kappa shape index (κ1) is 22.5. The number of hydrogen-bond donors (Lipinski definition) is 1. The van der Waals surface area contributed by atoms with Crippen LogP contribution in [0.4, 0.5) is 18.0 Å². The van der Waals surface area contributed by atoms with E-state index in [2.05, 4.69) is 5.32 Å². The van der Waals surface area contributed by atoms with Crippen LogP contribution in [0.3, 0.4) is 0 Å². The van der Waals surface area contributed by atoms with Crippen molar-refractivity contribution in [3.8, 4) is 12.1 Å². The molecule has 1 aliphatic heterocycles. The summed E-state index contributed by atoms with van der Waals surface area (Å²) in [5, 5.41) is 20.8. The van der Waals surface area contributed by atoms with Gasteiger partial charge in [-0.2, -0.15) is 10.5 Å². The molecule has 1 heterocycles. The van der Waals surface area contributed by atoms with Crippen LogP contribution in [0.2, 0.25) is 0 Å². The quantitative estimate of drug-likeness (QED) is 0.796. The Balaban J connectivity index is 2.57. The number of carbonyl (C=O) groups excluding carboxylic acids is 1. The predicted octanol–water partition coefficient (Wildman–Crippen LogP) is 3.88. The molecule has 0 saturated carbocycles. The molecule has 1 aromatic carbocycles. The van der Waals surface area contributed by atoms with Gasteiger partial charge in [-0.05, 0) is 33.3 Å². The number of carbonyl (C=O) groups is 1. The van der Waals surface area contributed by atoms with Gasteiger partial charge in [0.15, 0.2) is 0 Å². The maximum absolute atomic E-state index is 14.7. The van der Waals surface area contributed by atoms with Crippen LogP contribution in [0.25, 0.3) is 0 Å². The number of rotatable bonds is 5. The fourth-order valence-electron chi connectivity index (χ4n) is 3.49. The van der Waals surface area contributed by atoms with Crippen molar-refractivity contribution in [3.63, 3.8) is 0 Å². The van der Waals surface area contributed by atoms with Crippen LogP contribution in [0.15, 0.2) is 24.3 Å². The molecule has 3 atom stereocenters. The van der Waals surface area contributed by atoms with Crippen LogP contribution < -0.4 is 5.32 Å². The molecule has 2 rings (SSSR count). The minimum absolute atomic E-state index is 0.0753. The summed E-state index contributed by atoms with van der Waals surface area (Å²) in [6.45, 7) is 4.40. The van der Waals surface area contributed by atoms with E-state index in [1.807, 2.05) is 0 Å². The van der Waals surface area contributed by atoms with Gasteiger partial charge in [0, 0.05) is 11.5 Å². The Morgan fingerprint density at radius 3 is 2.48 bits per heavy atom. The molecule has 1 saturated heterocycles. The standard InChI is InChI=1S/C20H22F3N3O3/c1-19(2,3)29-18(27)26-20(13-6-4-5-7-15(13)21)11-28-16(17(22)23)14(20)8-12(9-24)10-25/h4-7,12,14,16-17H,8,11H2,1-3H3,(H,26,27)/t14-,16+,20-/m1/s1. The van der Waals surface area contributed by atoms with Crippen LogP contribution in [0, 0.1) is 40.3 Å². The molecule has 1 amide bonds. The summed E-state index contributed by atoms with van der Waals surface area (Å²) in [7, 11) is 0. The van der Waals surface area contributed by atoms with Gasteiger partial charge < -0.3 is 14.8 Å². The van der Waals surface area contributed by atoms with Gasteiger partial charge >= 0.3 is 6.09 Å². The largest absolute Gasteiger partial charge is 0.444 e. The van der Waals surface area contributed by atoms with E-state index < -0.39 is 54.0 Å². The fraction of sp³-hybridized carbons (Fsp3) is 0.550. The van der Waals surface area contributed by atoms with Crippen LogP contribution in [-0.4, -0.2) is 30.8 Å². The van der Waals surface area contributed by atoms with Crippen molar-refractivity contribution in [2.75, 3.05) is 6.61 Å². The Kier molecular flexibility index (Phi) is 6.76. The lowest BCUT2D eigenvalue weighted by Crippen LogP contribution is -2.54. The molecule has 9 heteroatoms. The molecule has 0 spiro atoms. The van der Waals surface area contributed by atoms with Gasteiger partial charge in [0.25, 0.3) is 6.43 Å². The van der Waals surface area contributed by atoms with Crippen molar-refractivity contribution in [1.29, 1.82) is 10.5 Å². The number of nitrogens with zero attached hydrogens (tertiary/aromatic N) is 2. The van der Waals surface area contributed by atoms with Gasteiger partial charge in [-0.1, -0.05) is 18.2 Å². The molecule has 29 heavy (non-hydrogen) atoms. The maximum Gasteiger partial charge on any atom is 0.408 e. The number of amides is 1. The predicted molar refractivity (Wildman–Crippen MR) is 96.0 cm³/mol. The minimum atomic E-state index is -2.97. The minimum Gasteiger partial charge on any atom is -0.444 e. The van der Waals surface area contributed by atoms with Crippen molar-refractivity contribution in [3.05, 3.63) is 35.6 Å². The Hall–Kier alpha value is -2.78. The summed E-state index contributed by atoms with van der Waals surface area (Å²) in [4.78, 5) is 12.5. The van der Waals surface area contributed by atoms with E-state index in [0.29, 0.717) is 0 Å². The van der Waals surface area contributed by atoms with Crippen molar-refractivity contribution < 1.29 is 27.4 Å². The highest BCUT2D eigenvalue weighted by atomic mass is 19.3. The Bertz CT molecular complexity index is 815. The highest BCUT2D eigenvalue weighted by Gasteiger charge is 2.56. The fourth-order valence-corrected chi connectivity index (χ4v) is 3.49. The van der Waals surface area contributed by atoms with E-state index in [1.165, 1.54) is 18.2 Å². The number of benzene rings is 1. The van der Waals surface area contributed by atoms with Gasteiger partial charge in [-0.15, -0.1) is 0 Å². The number of alkyl halides is 2. The Morgan fingerprint density at radius 2 is 1.97 bits per heavy atom. The zero-order valence-electron chi connectivity index (χ0n) is 16.3. The molecule has 6 nitrogen and oxygen atoms in total. The number of nitrogens with one attached hydrogen (secondary N) is 1. The normalized spacial score (nSPS) is 24.2. The lowest BCUT2D eigenvalue weighted by Gasteiger charge is -2.37. The molecule has 1 aromatic rings. The molecule has 1 N–H and O–H groups in total. The summed E-state index contributed by atoms with van der Waals surface area (Å²) < 4.78 is 52.6. The van der Waals surface area contributed by atoms with Gasteiger partial charge in [0.1, 0.15) is 29.0 Å². The molecule has 0 radical (unpaired) electrons. The third-order valence-corrected chi connectivity index (χ3v) is 4.66. The van der Waals surface area contributed by atoms with Gasteiger partial charge in [0.05, 0.1) is 18.7 Å². The zero-order chi connectivity index (χ0) is 21.8. The SMILES string of the molecule is CC(C)(C)OC(=O)N[C@@]1(c2ccccc2F)CO[C@H](C(F)F)[C@H]1CC(C#N)C#N. The number of nitriles is 2. The summed E-state index contributed by atoms with van der Waals surface area (Å²) in [6, 6.07) is 8.87. The van der Waals surface area contributed by atoms with Gasteiger partial charge in [-0.25, -0.2) is 18.0 Å². The second-order valence-electron chi connectivity index (χ2n) is 7.84. The van der Waals surface area contributed by atoms with Crippen molar-refractivity contribution >= 4 is 6.09 Å². The van der Waals surface area contributed by atoms with Gasteiger partial charge in [-0.3, -0.25) is 0 Å². The number of hydrogen-bond acceptors (Lipinski definition) is 5. The van der Waals surface area contributed by atoms with Crippen molar-refractivity contribution in [2.24, 2.45) is 11.8 Å². The molecule has 1 fully saturated rings. The van der Waals surface area contributed by atoms with E-state index in [-0.39, 0.29) is 12.0 Å². The highest BCUT2D eigenvalue weighted by Crippen LogP contribution is 2.45. The summed E-state index contributed by atoms with van der Waals surface area (Å²) in [5.74, 6) is -3.22. The van der Waals surface area contributed by atoms with Crippen LogP contribution >= 0.6 is 0 Å². The molecular weight excluding hydrogens is 387 g/mol. The van der Waals surface area contributed by atoms with E-state index in [4.69, 9.17) is 20.0 Å². The first-order valence-electron chi connectivity index (χ1n) is 8.99. The lowest BCUT2D eigenvalue weighted by atomic mass is 9.73. The maximum atomic E-state index is 14.7. The average Bonchev–Trinajstić information content (AvgIpc) is 2.97. The first-order chi connectivity index (χ1) is 13.5. The highest BCUT2D eigenvalue weighted by molar-refractivity contribution is 5.69. The molecule has 0 aliphatic carbocycles. The molecule has 156 valence electrons. The summed E-state index contributed by atoms with van der Waals surface area (Å²) in [5.41, 5.74) is -2.70.